The fourth-order valence-electron chi connectivity index (χ4n) is 2.64. The van der Waals surface area contributed by atoms with Crippen molar-refractivity contribution in [1.82, 2.24) is 14.8 Å². The molecule has 20 heavy (non-hydrogen) atoms. The Morgan fingerprint density at radius 3 is 2.65 bits per heavy atom. The van der Waals surface area contributed by atoms with Crippen molar-refractivity contribution in [2.45, 2.75) is 38.4 Å². The molecule has 0 aliphatic carbocycles. The van der Waals surface area contributed by atoms with Crippen LogP contribution in [0, 0.1) is 0 Å². The Bertz CT molecular complexity index is 548. The molecule has 0 radical (unpaired) electrons. The summed E-state index contributed by atoms with van der Waals surface area (Å²) in [4.78, 5) is 0. The first-order valence-electron chi connectivity index (χ1n) is 7.09. The van der Waals surface area contributed by atoms with Crippen LogP contribution in [-0.2, 0) is 17.8 Å². The minimum absolute atomic E-state index is 0.118. The largest absolute Gasteiger partial charge is 0.388 e. The van der Waals surface area contributed by atoms with Crippen LogP contribution in [-0.4, -0.2) is 32.6 Å². The highest BCUT2D eigenvalue weighted by atomic mass is 16.5. The molecule has 5 heteroatoms. The van der Waals surface area contributed by atoms with Gasteiger partial charge in [-0.2, -0.15) is 0 Å². The third-order valence-electron chi connectivity index (χ3n) is 3.64. The molecule has 1 aromatic carbocycles. The van der Waals surface area contributed by atoms with Crippen LogP contribution in [0.1, 0.15) is 30.9 Å². The van der Waals surface area contributed by atoms with Gasteiger partial charge in [0.15, 0.2) is 5.82 Å². The third kappa shape index (κ3) is 2.73. The summed E-state index contributed by atoms with van der Waals surface area (Å²) in [5.41, 5.74) is 0.979. The Labute approximate surface area is 118 Å². The lowest BCUT2D eigenvalue weighted by Crippen LogP contribution is -2.23. The zero-order valence-electron chi connectivity index (χ0n) is 11.4. The van der Waals surface area contributed by atoms with Crippen LogP contribution in [0.3, 0.4) is 0 Å². The summed E-state index contributed by atoms with van der Waals surface area (Å²) in [7, 11) is 0. The van der Waals surface area contributed by atoms with Gasteiger partial charge in [0.05, 0.1) is 6.10 Å². The standard InChI is InChI=1S/C15H19N3O2/c19-11-15-17-16-14(10-13-8-4-5-9-20-13)18(15)12-6-2-1-3-7-12/h1-3,6-7,13,19H,4-5,8-11H2. The average molecular weight is 273 g/mol. The van der Waals surface area contributed by atoms with Gasteiger partial charge < -0.3 is 9.84 Å². The van der Waals surface area contributed by atoms with E-state index >= 15 is 0 Å². The van der Waals surface area contributed by atoms with E-state index in [4.69, 9.17) is 4.74 Å². The van der Waals surface area contributed by atoms with Gasteiger partial charge in [-0.15, -0.1) is 10.2 Å². The number of benzene rings is 1. The van der Waals surface area contributed by atoms with E-state index in [9.17, 15) is 5.11 Å². The predicted molar refractivity (Wildman–Crippen MR) is 74.6 cm³/mol. The van der Waals surface area contributed by atoms with Crippen molar-refractivity contribution in [2.75, 3.05) is 6.61 Å². The van der Waals surface area contributed by atoms with Gasteiger partial charge >= 0.3 is 0 Å². The molecular weight excluding hydrogens is 254 g/mol. The number of hydrogen-bond acceptors (Lipinski definition) is 4. The predicted octanol–water partition coefficient (Wildman–Crippen LogP) is 1.87. The van der Waals surface area contributed by atoms with Crippen molar-refractivity contribution in [1.29, 1.82) is 0 Å². The topological polar surface area (TPSA) is 60.2 Å². The molecule has 0 spiro atoms. The van der Waals surface area contributed by atoms with Crippen LogP contribution in [0.5, 0.6) is 0 Å². The van der Waals surface area contributed by atoms with Gasteiger partial charge in [-0.05, 0) is 31.4 Å². The number of aliphatic hydroxyl groups is 1. The van der Waals surface area contributed by atoms with Crippen molar-refractivity contribution in [2.24, 2.45) is 0 Å². The lowest BCUT2D eigenvalue weighted by atomic mass is 10.1. The smallest absolute Gasteiger partial charge is 0.163 e. The summed E-state index contributed by atoms with van der Waals surface area (Å²) in [5, 5.41) is 17.8. The van der Waals surface area contributed by atoms with Crippen molar-refractivity contribution in [3.8, 4) is 5.69 Å². The minimum Gasteiger partial charge on any atom is -0.388 e. The monoisotopic (exact) mass is 273 g/mol. The van der Waals surface area contributed by atoms with Gasteiger partial charge in [-0.3, -0.25) is 4.57 Å². The number of para-hydroxylation sites is 1. The van der Waals surface area contributed by atoms with Crippen LogP contribution < -0.4 is 0 Å². The van der Waals surface area contributed by atoms with Gasteiger partial charge in [-0.1, -0.05) is 18.2 Å². The number of rotatable bonds is 4. The summed E-state index contributed by atoms with van der Waals surface area (Å²) in [6, 6.07) is 9.90. The second-order valence-electron chi connectivity index (χ2n) is 5.05. The summed E-state index contributed by atoms with van der Waals surface area (Å²) in [6.07, 6.45) is 4.36. The fourth-order valence-corrected chi connectivity index (χ4v) is 2.64. The van der Waals surface area contributed by atoms with Gasteiger partial charge in [0.2, 0.25) is 0 Å². The molecule has 1 N–H and O–H groups in total. The van der Waals surface area contributed by atoms with Crippen molar-refractivity contribution in [3.63, 3.8) is 0 Å². The fraction of sp³-hybridized carbons (Fsp3) is 0.467. The van der Waals surface area contributed by atoms with Gasteiger partial charge in [0, 0.05) is 18.7 Å². The van der Waals surface area contributed by atoms with Gasteiger partial charge in [-0.25, -0.2) is 0 Å². The van der Waals surface area contributed by atoms with E-state index in [0.717, 1.165) is 37.4 Å². The molecule has 106 valence electrons. The number of aliphatic hydroxyl groups excluding tert-OH is 1. The maximum absolute atomic E-state index is 9.44. The number of nitrogens with zero attached hydrogens (tertiary/aromatic N) is 3. The van der Waals surface area contributed by atoms with Crippen molar-refractivity contribution >= 4 is 0 Å². The Morgan fingerprint density at radius 2 is 1.95 bits per heavy atom. The Kier molecular flexibility index (Phi) is 4.08. The first-order chi connectivity index (χ1) is 9.88. The molecule has 1 fully saturated rings. The molecule has 1 atom stereocenters. The molecule has 0 amide bonds. The number of hydrogen-bond donors (Lipinski definition) is 1. The zero-order chi connectivity index (χ0) is 13.8. The Morgan fingerprint density at radius 1 is 1.15 bits per heavy atom. The number of ether oxygens (including phenoxy) is 1. The summed E-state index contributed by atoms with van der Waals surface area (Å²) >= 11 is 0. The maximum atomic E-state index is 9.44. The van der Waals surface area contributed by atoms with Gasteiger partial charge in [0.1, 0.15) is 12.4 Å². The van der Waals surface area contributed by atoms with E-state index in [1.807, 2.05) is 34.9 Å². The molecular formula is C15H19N3O2. The lowest BCUT2D eigenvalue weighted by molar-refractivity contribution is 0.0154. The summed E-state index contributed by atoms with van der Waals surface area (Å²) < 4.78 is 7.70. The third-order valence-corrected chi connectivity index (χ3v) is 3.64. The van der Waals surface area contributed by atoms with Crippen LogP contribution in [0.2, 0.25) is 0 Å². The van der Waals surface area contributed by atoms with E-state index in [2.05, 4.69) is 10.2 Å². The Balaban J connectivity index is 1.89. The molecule has 1 aliphatic heterocycles. The number of aromatic nitrogens is 3. The highest BCUT2D eigenvalue weighted by molar-refractivity contribution is 5.34. The van der Waals surface area contributed by atoms with Crippen LogP contribution in [0.25, 0.3) is 5.69 Å². The second kappa shape index (κ2) is 6.15. The quantitative estimate of drug-likeness (QED) is 0.924. The normalized spacial score (nSPS) is 19.1. The summed E-state index contributed by atoms with van der Waals surface area (Å²) in [5.74, 6) is 1.43. The molecule has 2 aromatic rings. The lowest BCUT2D eigenvalue weighted by Gasteiger charge is -2.22. The highest BCUT2D eigenvalue weighted by Gasteiger charge is 2.20. The first-order valence-corrected chi connectivity index (χ1v) is 7.09. The van der Waals surface area contributed by atoms with Crippen LogP contribution in [0.4, 0.5) is 0 Å². The second-order valence-corrected chi connectivity index (χ2v) is 5.05. The zero-order valence-corrected chi connectivity index (χ0v) is 11.4. The molecule has 2 heterocycles. The van der Waals surface area contributed by atoms with E-state index in [1.54, 1.807) is 0 Å². The van der Waals surface area contributed by atoms with E-state index in [0.29, 0.717) is 5.82 Å². The average Bonchev–Trinajstić information content (AvgIpc) is 2.92. The molecule has 1 saturated heterocycles. The summed E-state index contributed by atoms with van der Waals surface area (Å²) in [6.45, 7) is 0.713. The Hall–Kier alpha value is -1.72. The van der Waals surface area contributed by atoms with Crippen molar-refractivity contribution in [3.05, 3.63) is 42.0 Å². The van der Waals surface area contributed by atoms with Crippen LogP contribution >= 0.6 is 0 Å². The van der Waals surface area contributed by atoms with Gasteiger partial charge in [0.25, 0.3) is 0 Å². The molecule has 1 aromatic heterocycles. The van der Waals surface area contributed by atoms with Crippen molar-refractivity contribution < 1.29 is 9.84 Å². The molecule has 3 rings (SSSR count). The maximum Gasteiger partial charge on any atom is 0.163 e. The first kappa shape index (κ1) is 13.3. The molecule has 0 saturated carbocycles. The molecule has 1 unspecified atom stereocenters. The van der Waals surface area contributed by atoms with E-state index in [1.165, 1.54) is 6.42 Å². The van der Waals surface area contributed by atoms with E-state index < -0.39 is 0 Å². The van der Waals surface area contributed by atoms with Crippen LogP contribution in [0.15, 0.2) is 30.3 Å². The van der Waals surface area contributed by atoms with E-state index in [-0.39, 0.29) is 12.7 Å². The molecule has 5 nitrogen and oxygen atoms in total. The SMILES string of the molecule is OCc1nnc(CC2CCCCO2)n1-c1ccccc1. The highest BCUT2D eigenvalue weighted by Crippen LogP contribution is 2.19. The molecule has 1 aliphatic rings. The molecule has 0 bridgehead atoms. The minimum atomic E-state index is -0.118.